The molecule has 26 heavy (non-hydrogen) atoms. The van der Waals surface area contributed by atoms with E-state index in [0.29, 0.717) is 12.6 Å². The van der Waals surface area contributed by atoms with Crippen LogP contribution in [0.5, 0.6) is 0 Å². The summed E-state index contributed by atoms with van der Waals surface area (Å²) in [7, 11) is 3.58. The first-order valence-corrected chi connectivity index (χ1v) is 9.93. The molecule has 1 fully saturated rings. The van der Waals surface area contributed by atoms with E-state index in [0.717, 1.165) is 35.8 Å². The standard InChI is InChI=1S/C19H28N4O2S/c1-13-15(14(2)23(20-13)10-11-24)12-22-9-5-6-16(22)17-7-8-18(26-17)19(25)21(3)4/h7-8,16,24H,5-6,9-12H2,1-4H3. The third-order valence-electron chi connectivity index (χ3n) is 5.14. The third-order valence-corrected chi connectivity index (χ3v) is 6.31. The first kappa shape index (κ1) is 19.1. The summed E-state index contributed by atoms with van der Waals surface area (Å²) in [6, 6.07) is 4.43. The number of aryl methyl sites for hydroxylation is 1. The van der Waals surface area contributed by atoms with Gasteiger partial charge < -0.3 is 10.0 Å². The van der Waals surface area contributed by atoms with Crippen LogP contribution in [0.25, 0.3) is 0 Å². The summed E-state index contributed by atoms with van der Waals surface area (Å²) in [5, 5.41) is 13.8. The van der Waals surface area contributed by atoms with E-state index in [4.69, 9.17) is 0 Å². The number of rotatable bonds is 6. The number of hydrogen-bond donors (Lipinski definition) is 1. The van der Waals surface area contributed by atoms with Crippen molar-refractivity contribution in [1.82, 2.24) is 19.6 Å². The quantitative estimate of drug-likeness (QED) is 0.842. The van der Waals surface area contributed by atoms with Crippen LogP contribution in [0.3, 0.4) is 0 Å². The minimum absolute atomic E-state index is 0.0720. The molecule has 1 N–H and O–H groups in total. The van der Waals surface area contributed by atoms with Gasteiger partial charge in [-0.2, -0.15) is 5.10 Å². The molecule has 142 valence electrons. The van der Waals surface area contributed by atoms with E-state index < -0.39 is 0 Å². The number of carbonyl (C=O) groups is 1. The second kappa shape index (κ2) is 7.90. The molecule has 3 heterocycles. The van der Waals surface area contributed by atoms with E-state index in [1.54, 1.807) is 30.3 Å². The summed E-state index contributed by atoms with van der Waals surface area (Å²) >= 11 is 1.62. The van der Waals surface area contributed by atoms with Gasteiger partial charge in [0.25, 0.3) is 5.91 Å². The molecule has 1 atom stereocenters. The Morgan fingerprint density at radius 1 is 1.38 bits per heavy atom. The highest BCUT2D eigenvalue weighted by Crippen LogP contribution is 2.37. The minimum Gasteiger partial charge on any atom is -0.394 e. The maximum atomic E-state index is 12.2. The van der Waals surface area contributed by atoms with Crippen molar-refractivity contribution in [1.29, 1.82) is 0 Å². The SMILES string of the molecule is Cc1nn(CCO)c(C)c1CN1CCCC1c1ccc(C(=O)N(C)C)s1. The predicted molar refractivity (Wildman–Crippen MR) is 104 cm³/mol. The summed E-state index contributed by atoms with van der Waals surface area (Å²) < 4.78 is 1.90. The Bertz CT molecular complexity index is 781. The van der Waals surface area contributed by atoms with Gasteiger partial charge in [0.2, 0.25) is 0 Å². The fraction of sp³-hybridized carbons (Fsp3) is 0.579. The van der Waals surface area contributed by atoms with Gasteiger partial charge in [-0.15, -0.1) is 11.3 Å². The molecule has 0 saturated carbocycles. The summed E-state index contributed by atoms with van der Waals surface area (Å²) in [6.07, 6.45) is 2.29. The van der Waals surface area contributed by atoms with Crippen LogP contribution >= 0.6 is 11.3 Å². The lowest BCUT2D eigenvalue weighted by molar-refractivity contribution is 0.0832. The van der Waals surface area contributed by atoms with Gasteiger partial charge in [0.05, 0.1) is 23.7 Å². The summed E-state index contributed by atoms with van der Waals surface area (Å²) in [5.74, 6) is 0.0720. The number of aliphatic hydroxyl groups excluding tert-OH is 1. The Morgan fingerprint density at radius 2 is 2.15 bits per heavy atom. The molecule has 0 aliphatic carbocycles. The van der Waals surface area contributed by atoms with Gasteiger partial charge in [-0.3, -0.25) is 14.4 Å². The molecule has 1 aliphatic heterocycles. The van der Waals surface area contributed by atoms with Crippen molar-refractivity contribution in [3.8, 4) is 0 Å². The molecule has 0 aromatic carbocycles. The number of thiophene rings is 1. The Morgan fingerprint density at radius 3 is 2.85 bits per heavy atom. The minimum atomic E-state index is 0.0720. The summed E-state index contributed by atoms with van der Waals surface area (Å²) in [4.78, 5) is 18.4. The number of aromatic nitrogens is 2. The van der Waals surface area contributed by atoms with Gasteiger partial charge in [-0.1, -0.05) is 0 Å². The molecule has 1 aliphatic rings. The van der Waals surface area contributed by atoms with Crippen molar-refractivity contribution in [2.24, 2.45) is 0 Å². The van der Waals surface area contributed by atoms with Crippen molar-refractivity contribution in [3.05, 3.63) is 38.8 Å². The number of amides is 1. The van der Waals surface area contributed by atoms with Crippen molar-refractivity contribution in [2.45, 2.75) is 45.8 Å². The van der Waals surface area contributed by atoms with Crippen molar-refractivity contribution in [2.75, 3.05) is 27.2 Å². The van der Waals surface area contributed by atoms with E-state index in [2.05, 4.69) is 23.0 Å². The van der Waals surface area contributed by atoms with Crippen LogP contribution < -0.4 is 0 Å². The molecule has 1 amide bonds. The first-order chi connectivity index (χ1) is 12.4. The van der Waals surface area contributed by atoms with Crippen LogP contribution in [0.2, 0.25) is 0 Å². The molecule has 3 rings (SSSR count). The molecular formula is C19H28N4O2S. The maximum Gasteiger partial charge on any atom is 0.263 e. The molecule has 0 radical (unpaired) electrons. The normalized spacial score (nSPS) is 17.8. The monoisotopic (exact) mass is 376 g/mol. The molecule has 0 bridgehead atoms. The Hall–Kier alpha value is -1.70. The molecule has 6 nitrogen and oxygen atoms in total. The lowest BCUT2D eigenvalue weighted by Crippen LogP contribution is -2.23. The molecule has 1 saturated heterocycles. The zero-order chi connectivity index (χ0) is 18.8. The van der Waals surface area contributed by atoms with Crippen molar-refractivity contribution < 1.29 is 9.90 Å². The fourth-order valence-corrected chi connectivity index (χ4v) is 4.88. The highest BCUT2D eigenvalue weighted by atomic mass is 32.1. The van der Waals surface area contributed by atoms with Crippen LogP contribution in [-0.4, -0.2) is 57.8 Å². The Balaban J connectivity index is 1.78. The zero-order valence-corrected chi connectivity index (χ0v) is 16.8. The smallest absolute Gasteiger partial charge is 0.263 e. The second-order valence-electron chi connectivity index (χ2n) is 7.13. The fourth-order valence-electron chi connectivity index (χ4n) is 3.68. The first-order valence-electron chi connectivity index (χ1n) is 9.11. The molecular weight excluding hydrogens is 348 g/mol. The van der Waals surface area contributed by atoms with E-state index in [1.165, 1.54) is 16.9 Å². The molecule has 2 aromatic rings. The molecule has 7 heteroatoms. The Kier molecular flexibility index (Phi) is 5.79. The predicted octanol–water partition coefficient (Wildman–Crippen LogP) is 2.59. The number of likely N-dealkylation sites (tertiary alicyclic amines) is 1. The highest BCUT2D eigenvalue weighted by molar-refractivity contribution is 7.14. The second-order valence-corrected chi connectivity index (χ2v) is 8.24. The average molecular weight is 377 g/mol. The maximum absolute atomic E-state index is 12.2. The zero-order valence-electron chi connectivity index (χ0n) is 16.0. The lowest BCUT2D eigenvalue weighted by Gasteiger charge is -2.24. The van der Waals surface area contributed by atoms with Crippen molar-refractivity contribution >= 4 is 17.2 Å². The molecule has 1 unspecified atom stereocenters. The topological polar surface area (TPSA) is 61.6 Å². The highest BCUT2D eigenvalue weighted by Gasteiger charge is 2.29. The van der Waals surface area contributed by atoms with E-state index >= 15 is 0 Å². The van der Waals surface area contributed by atoms with Crippen molar-refractivity contribution in [3.63, 3.8) is 0 Å². The van der Waals surface area contributed by atoms with Crippen LogP contribution in [0.4, 0.5) is 0 Å². The van der Waals surface area contributed by atoms with Gasteiger partial charge in [-0.25, -0.2) is 0 Å². The van der Waals surface area contributed by atoms with Crippen LogP contribution in [0.15, 0.2) is 12.1 Å². The Labute approximate surface area is 159 Å². The number of carbonyl (C=O) groups excluding carboxylic acids is 1. The van der Waals surface area contributed by atoms with Gasteiger partial charge in [-0.05, 0) is 45.4 Å². The van der Waals surface area contributed by atoms with Gasteiger partial charge in [0.1, 0.15) is 0 Å². The third kappa shape index (κ3) is 3.70. The summed E-state index contributed by atoms with van der Waals surface area (Å²) in [5.41, 5.74) is 3.43. The summed E-state index contributed by atoms with van der Waals surface area (Å²) in [6.45, 7) is 6.68. The number of hydrogen-bond acceptors (Lipinski definition) is 5. The largest absolute Gasteiger partial charge is 0.394 e. The average Bonchev–Trinajstić information content (AvgIpc) is 3.31. The van der Waals surface area contributed by atoms with Crippen LogP contribution in [-0.2, 0) is 13.1 Å². The molecule has 2 aromatic heterocycles. The van der Waals surface area contributed by atoms with Gasteiger partial charge in [0, 0.05) is 42.8 Å². The van der Waals surface area contributed by atoms with Crippen LogP contribution in [0.1, 0.15) is 50.4 Å². The van der Waals surface area contributed by atoms with E-state index in [1.807, 2.05) is 17.7 Å². The molecule has 0 spiro atoms. The van der Waals surface area contributed by atoms with Gasteiger partial charge >= 0.3 is 0 Å². The van der Waals surface area contributed by atoms with E-state index in [-0.39, 0.29) is 12.5 Å². The van der Waals surface area contributed by atoms with E-state index in [9.17, 15) is 9.90 Å². The van der Waals surface area contributed by atoms with Crippen LogP contribution in [0, 0.1) is 13.8 Å². The van der Waals surface area contributed by atoms with Gasteiger partial charge in [0.15, 0.2) is 0 Å². The number of aliphatic hydroxyl groups is 1. The number of nitrogens with zero attached hydrogens (tertiary/aromatic N) is 4. The lowest BCUT2D eigenvalue weighted by atomic mass is 10.1.